The molecule has 0 spiro atoms. The molecule has 5 heteroatoms. The van der Waals surface area contributed by atoms with Gasteiger partial charge in [-0.2, -0.15) is 0 Å². The van der Waals surface area contributed by atoms with Gasteiger partial charge in [0.25, 0.3) is 0 Å². The lowest BCUT2D eigenvalue weighted by atomic mass is 10.1. The number of nitrogens with zero attached hydrogens (tertiary/aromatic N) is 1. The maximum atomic E-state index is 9.53. The molecular formula is C12H11N3O2. The minimum Gasteiger partial charge on any atom is -0.508 e. The van der Waals surface area contributed by atoms with Crippen molar-refractivity contribution in [3.63, 3.8) is 0 Å². The van der Waals surface area contributed by atoms with Crippen molar-refractivity contribution in [2.45, 2.75) is 6.92 Å². The van der Waals surface area contributed by atoms with Crippen LogP contribution in [0.4, 0.5) is 5.88 Å². The van der Waals surface area contributed by atoms with Gasteiger partial charge < -0.3 is 20.3 Å². The van der Waals surface area contributed by atoms with Gasteiger partial charge in [0.2, 0.25) is 5.88 Å². The van der Waals surface area contributed by atoms with Crippen molar-refractivity contribution in [1.29, 1.82) is 0 Å². The first-order valence-electron chi connectivity index (χ1n) is 5.19. The number of phenolic OH excluding ortho intramolecular Hbond substituents is 1. The number of hydrogen-bond donors (Lipinski definition) is 3. The third-order valence-corrected chi connectivity index (χ3v) is 2.75. The van der Waals surface area contributed by atoms with Crippen molar-refractivity contribution >= 4 is 16.8 Å². The van der Waals surface area contributed by atoms with E-state index in [4.69, 9.17) is 10.3 Å². The molecule has 0 bridgehead atoms. The highest BCUT2D eigenvalue weighted by Gasteiger charge is 2.14. The standard InChI is InChI=1S/C12H11N3O2/c1-6-12(10-5-11(13)17-15-10)8-4-7(16)2-3-9(8)14-6/h2-5,14,16H,13H2,1H3. The van der Waals surface area contributed by atoms with E-state index in [-0.39, 0.29) is 11.6 Å². The Hall–Kier alpha value is -2.43. The number of aromatic nitrogens is 2. The largest absolute Gasteiger partial charge is 0.508 e. The summed E-state index contributed by atoms with van der Waals surface area (Å²) in [5.74, 6) is 0.489. The second-order valence-electron chi connectivity index (χ2n) is 3.97. The minimum absolute atomic E-state index is 0.217. The average Bonchev–Trinajstić information content (AvgIpc) is 2.81. The van der Waals surface area contributed by atoms with E-state index in [0.717, 1.165) is 22.2 Å². The molecule has 4 N–H and O–H groups in total. The first kappa shape index (κ1) is 9.77. The number of aromatic amines is 1. The number of phenols is 1. The normalized spacial score (nSPS) is 11.1. The van der Waals surface area contributed by atoms with Crippen molar-refractivity contribution in [2.24, 2.45) is 0 Å². The molecule has 5 nitrogen and oxygen atoms in total. The molecule has 3 aromatic rings. The van der Waals surface area contributed by atoms with Crippen molar-refractivity contribution in [3.8, 4) is 17.0 Å². The molecule has 0 aliphatic carbocycles. The third kappa shape index (κ3) is 1.44. The molecule has 17 heavy (non-hydrogen) atoms. The first-order chi connectivity index (χ1) is 8.15. The van der Waals surface area contributed by atoms with Crippen LogP contribution in [-0.4, -0.2) is 15.2 Å². The van der Waals surface area contributed by atoms with Crippen LogP contribution in [-0.2, 0) is 0 Å². The quantitative estimate of drug-likeness (QED) is 0.598. The van der Waals surface area contributed by atoms with E-state index in [2.05, 4.69) is 10.1 Å². The van der Waals surface area contributed by atoms with E-state index in [0.29, 0.717) is 5.69 Å². The molecule has 2 heterocycles. The van der Waals surface area contributed by atoms with Gasteiger partial charge in [0.15, 0.2) is 0 Å². The zero-order chi connectivity index (χ0) is 12.0. The SMILES string of the molecule is Cc1[nH]c2ccc(O)cc2c1-c1cc(N)on1. The van der Waals surface area contributed by atoms with Crippen molar-refractivity contribution in [3.05, 3.63) is 30.0 Å². The molecule has 2 aromatic heterocycles. The molecule has 0 radical (unpaired) electrons. The number of nitrogens with one attached hydrogen (secondary N) is 1. The van der Waals surface area contributed by atoms with Crippen LogP contribution in [0.1, 0.15) is 5.69 Å². The van der Waals surface area contributed by atoms with Crippen LogP contribution in [0.15, 0.2) is 28.8 Å². The fourth-order valence-corrected chi connectivity index (χ4v) is 2.05. The summed E-state index contributed by atoms with van der Waals surface area (Å²) in [4.78, 5) is 3.23. The molecule has 0 saturated heterocycles. The summed E-state index contributed by atoms with van der Waals surface area (Å²) in [6.45, 7) is 1.94. The lowest BCUT2D eigenvalue weighted by Gasteiger charge is -1.96. The predicted molar refractivity (Wildman–Crippen MR) is 64.6 cm³/mol. The van der Waals surface area contributed by atoms with Crippen molar-refractivity contribution in [1.82, 2.24) is 10.1 Å². The van der Waals surface area contributed by atoms with E-state index in [1.807, 2.05) is 13.0 Å². The van der Waals surface area contributed by atoms with E-state index in [1.54, 1.807) is 18.2 Å². The summed E-state index contributed by atoms with van der Waals surface area (Å²) in [5, 5.41) is 14.3. The molecule has 1 aromatic carbocycles. The lowest BCUT2D eigenvalue weighted by molar-refractivity contribution is 0.439. The van der Waals surface area contributed by atoms with Gasteiger partial charge in [0.1, 0.15) is 11.4 Å². The number of H-pyrrole nitrogens is 1. The Morgan fingerprint density at radius 2 is 2.18 bits per heavy atom. The van der Waals surface area contributed by atoms with E-state index in [1.165, 1.54) is 0 Å². The van der Waals surface area contributed by atoms with E-state index < -0.39 is 0 Å². The number of anilines is 1. The number of benzene rings is 1. The van der Waals surface area contributed by atoms with Gasteiger partial charge in [-0.25, -0.2) is 0 Å². The summed E-state index contributed by atoms with van der Waals surface area (Å²) >= 11 is 0. The lowest BCUT2D eigenvalue weighted by Crippen LogP contribution is -1.79. The Morgan fingerprint density at radius 1 is 1.35 bits per heavy atom. The molecule has 0 aliphatic heterocycles. The number of aryl methyl sites for hydroxylation is 1. The molecule has 0 aliphatic rings. The Kier molecular flexibility index (Phi) is 1.89. The van der Waals surface area contributed by atoms with Gasteiger partial charge in [-0.05, 0) is 25.1 Å². The molecule has 0 amide bonds. The highest BCUT2D eigenvalue weighted by Crippen LogP contribution is 2.33. The summed E-state index contributed by atoms with van der Waals surface area (Å²) in [5.41, 5.74) is 8.98. The van der Waals surface area contributed by atoms with Crippen LogP contribution in [0.5, 0.6) is 5.75 Å². The van der Waals surface area contributed by atoms with Gasteiger partial charge in [-0.3, -0.25) is 0 Å². The minimum atomic E-state index is 0.217. The molecule has 86 valence electrons. The Morgan fingerprint density at radius 3 is 2.88 bits per heavy atom. The fraction of sp³-hybridized carbons (Fsp3) is 0.0833. The maximum absolute atomic E-state index is 9.53. The first-order valence-corrected chi connectivity index (χ1v) is 5.19. The molecule has 0 atom stereocenters. The van der Waals surface area contributed by atoms with Crippen LogP contribution in [0.25, 0.3) is 22.2 Å². The summed E-state index contributed by atoms with van der Waals surface area (Å²) in [6, 6.07) is 6.82. The Labute approximate surface area is 96.8 Å². The van der Waals surface area contributed by atoms with Crippen molar-refractivity contribution < 1.29 is 9.63 Å². The molecule has 0 fully saturated rings. The van der Waals surface area contributed by atoms with Crippen LogP contribution in [0, 0.1) is 6.92 Å². The third-order valence-electron chi connectivity index (χ3n) is 2.75. The van der Waals surface area contributed by atoms with Gasteiger partial charge in [0, 0.05) is 28.2 Å². The highest BCUT2D eigenvalue weighted by molar-refractivity contribution is 5.97. The molecule has 3 rings (SSSR count). The number of rotatable bonds is 1. The second-order valence-corrected chi connectivity index (χ2v) is 3.97. The number of fused-ring (bicyclic) bond motifs is 1. The van der Waals surface area contributed by atoms with Gasteiger partial charge >= 0.3 is 0 Å². The molecule has 0 saturated carbocycles. The predicted octanol–water partition coefficient (Wildman–Crippen LogP) is 2.42. The van der Waals surface area contributed by atoms with Crippen molar-refractivity contribution in [2.75, 3.05) is 5.73 Å². The second kappa shape index (κ2) is 3.28. The van der Waals surface area contributed by atoms with Crippen LogP contribution in [0.2, 0.25) is 0 Å². The average molecular weight is 229 g/mol. The van der Waals surface area contributed by atoms with Crippen LogP contribution < -0.4 is 5.73 Å². The Bertz CT molecular complexity index is 697. The molecular weight excluding hydrogens is 218 g/mol. The monoisotopic (exact) mass is 229 g/mol. The topological polar surface area (TPSA) is 88.1 Å². The van der Waals surface area contributed by atoms with Crippen LogP contribution in [0.3, 0.4) is 0 Å². The Balaban J connectivity index is 2.34. The summed E-state index contributed by atoms with van der Waals surface area (Å²) < 4.78 is 4.87. The number of nitrogens with two attached hydrogens (primary N) is 1. The molecule has 0 unspecified atom stereocenters. The van der Waals surface area contributed by atoms with Crippen LogP contribution >= 0.6 is 0 Å². The van der Waals surface area contributed by atoms with E-state index >= 15 is 0 Å². The van der Waals surface area contributed by atoms with E-state index in [9.17, 15) is 5.11 Å². The van der Waals surface area contributed by atoms with Gasteiger partial charge in [-0.1, -0.05) is 5.16 Å². The summed E-state index contributed by atoms with van der Waals surface area (Å²) in [7, 11) is 0. The highest BCUT2D eigenvalue weighted by atomic mass is 16.5. The smallest absolute Gasteiger partial charge is 0.222 e. The zero-order valence-electron chi connectivity index (χ0n) is 9.19. The fourth-order valence-electron chi connectivity index (χ4n) is 2.05. The zero-order valence-corrected chi connectivity index (χ0v) is 9.19. The van der Waals surface area contributed by atoms with Gasteiger partial charge in [0.05, 0.1) is 0 Å². The number of nitrogen functional groups attached to an aromatic ring is 1. The number of hydrogen-bond acceptors (Lipinski definition) is 4. The van der Waals surface area contributed by atoms with Gasteiger partial charge in [-0.15, -0.1) is 0 Å². The maximum Gasteiger partial charge on any atom is 0.222 e. The summed E-state index contributed by atoms with van der Waals surface area (Å²) in [6.07, 6.45) is 0. The number of aromatic hydroxyl groups is 1.